The number of anilines is 2. The van der Waals surface area contributed by atoms with Crippen LogP contribution in [0.25, 0.3) is 0 Å². The maximum atomic E-state index is 12.2. The minimum atomic E-state index is -3.66. The first-order valence-electron chi connectivity index (χ1n) is 5.53. The van der Waals surface area contributed by atoms with E-state index in [2.05, 4.69) is 4.72 Å². The molecule has 0 atom stereocenters. The Morgan fingerprint density at radius 3 is 2.53 bits per heavy atom. The van der Waals surface area contributed by atoms with Gasteiger partial charge < -0.3 is 5.73 Å². The molecule has 0 saturated carbocycles. The van der Waals surface area contributed by atoms with Crippen LogP contribution in [0.4, 0.5) is 11.4 Å². The van der Waals surface area contributed by atoms with E-state index in [1.807, 2.05) is 13.0 Å². The zero-order chi connectivity index (χ0) is 14.0. The van der Waals surface area contributed by atoms with Crippen LogP contribution in [0, 0.1) is 6.92 Å². The number of aryl methyl sites for hydroxylation is 1. The van der Waals surface area contributed by atoms with Gasteiger partial charge in [0.25, 0.3) is 10.0 Å². The number of halogens is 1. The molecule has 0 unspecified atom stereocenters. The summed E-state index contributed by atoms with van der Waals surface area (Å²) in [6.45, 7) is 1.89. The summed E-state index contributed by atoms with van der Waals surface area (Å²) in [5.41, 5.74) is 7.38. The van der Waals surface area contributed by atoms with Crippen molar-refractivity contribution in [3.63, 3.8) is 0 Å². The van der Waals surface area contributed by atoms with E-state index in [0.29, 0.717) is 11.4 Å². The number of sulfonamides is 1. The molecule has 2 aromatic carbocycles. The first-order chi connectivity index (χ1) is 8.88. The van der Waals surface area contributed by atoms with Crippen molar-refractivity contribution in [3.8, 4) is 0 Å². The molecule has 2 rings (SSSR count). The zero-order valence-corrected chi connectivity index (χ0v) is 11.8. The monoisotopic (exact) mass is 296 g/mol. The van der Waals surface area contributed by atoms with E-state index in [0.717, 1.165) is 5.56 Å². The topological polar surface area (TPSA) is 72.2 Å². The Labute approximate surface area is 117 Å². The van der Waals surface area contributed by atoms with E-state index in [1.54, 1.807) is 18.2 Å². The zero-order valence-electron chi connectivity index (χ0n) is 10.2. The summed E-state index contributed by atoms with van der Waals surface area (Å²) in [7, 11) is -3.66. The Hall–Kier alpha value is -1.72. The predicted molar refractivity (Wildman–Crippen MR) is 77.9 cm³/mol. The van der Waals surface area contributed by atoms with Crippen molar-refractivity contribution in [2.45, 2.75) is 11.8 Å². The summed E-state index contributed by atoms with van der Waals surface area (Å²) in [5.74, 6) is 0. The molecule has 0 aromatic heterocycles. The fourth-order valence-electron chi connectivity index (χ4n) is 1.60. The second-order valence-electron chi connectivity index (χ2n) is 4.16. The van der Waals surface area contributed by atoms with Crippen LogP contribution in [0.5, 0.6) is 0 Å². The van der Waals surface area contributed by atoms with E-state index < -0.39 is 10.0 Å². The van der Waals surface area contributed by atoms with Gasteiger partial charge in [-0.3, -0.25) is 4.72 Å². The van der Waals surface area contributed by atoms with Gasteiger partial charge in [-0.15, -0.1) is 0 Å². The molecule has 2 aromatic rings. The highest BCUT2D eigenvalue weighted by molar-refractivity contribution is 7.92. The van der Waals surface area contributed by atoms with Gasteiger partial charge in [0.1, 0.15) is 0 Å². The number of nitrogens with one attached hydrogen (secondary N) is 1. The lowest BCUT2D eigenvalue weighted by molar-refractivity contribution is 0.601. The molecular weight excluding hydrogens is 284 g/mol. The van der Waals surface area contributed by atoms with Crippen molar-refractivity contribution in [1.29, 1.82) is 0 Å². The lowest BCUT2D eigenvalue weighted by Crippen LogP contribution is -2.13. The van der Waals surface area contributed by atoms with E-state index in [4.69, 9.17) is 17.3 Å². The smallest absolute Gasteiger partial charge is 0.261 e. The quantitative estimate of drug-likeness (QED) is 0.855. The molecule has 100 valence electrons. The summed E-state index contributed by atoms with van der Waals surface area (Å²) in [4.78, 5) is 0.0770. The Morgan fingerprint density at radius 2 is 1.89 bits per heavy atom. The van der Waals surface area contributed by atoms with Crippen LogP contribution in [-0.4, -0.2) is 8.42 Å². The van der Waals surface area contributed by atoms with Crippen molar-refractivity contribution in [2.24, 2.45) is 0 Å². The van der Waals surface area contributed by atoms with Gasteiger partial charge in [-0.05, 0) is 42.8 Å². The Bertz CT molecular complexity index is 714. The third-order valence-electron chi connectivity index (χ3n) is 2.55. The van der Waals surface area contributed by atoms with Crippen LogP contribution >= 0.6 is 11.6 Å². The highest BCUT2D eigenvalue weighted by Gasteiger charge is 2.15. The van der Waals surface area contributed by atoms with E-state index in [-0.39, 0.29) is 9.92 Å². The molecule has 6 heteroatoms. The fraction of sp³-hybridized carbons (Fsp3) is 0.0769. The average Bonchev–Trinajstić information content (AvgIpc) is 2.32. The molecule has 0 bridgehead atoms. The van der Waals surface area contributed by atoms with Crippen molar-refractivity contribution in [1.82, 2.24) is 0 Å². The van der Waals surface area contributed by atoms with Gasteiger partial charge in [0.15, 0.2) is 0 Å². The largest absolute Gasteiger partial charge is 0.398 e. The SMILES string of the molecule is Cc1cccc(NS(=O)(=O)c2ccc(N)c(Cl)c2)c1. The second-order valence-corrected chi connectivity index (χ2v) is 6.25. The molecule has 0 heterocycles. The van der Waals surface area contributed by atoms with Crippen LogP contribution < -0.4 is 10.5 Å². The molecule has 0 fully saturated rings. The maximum absolute atomic E-state index is 12.2. The van der Waals surface area contributed by atoms with Crippen LogP contribution in [-0.2, 0) is 10.0 Å². The first kappa shape index (κ1) is 13.7. The summed E-state index contributed by atoms with van der Waals surface area (Å²) in [6, 6.07) is 11.3. The number of hydrogen-bond donors (Lipinski definition) is 2. The molecule has 0 aliphatic heterocycles. The summed E-state index contributed by atoms with van der Waals surface area (Å²) < 4.78 is 26.8. The van der Waals surface area contributed by atoms with Crippen molar-refractivity contribution < 1.29 is 8.42 Å². The van der Waals surface area contributed by atoms with Crippen LogP contribution in [0.2, 0.25) is 5.02 Å². The predicted octanol–water partition coefficient (Wildman–Crippen LogP) is 3.03. The van der Waals surface area contributed by atoms with Gasteiger partial charge in [0.2, 0.25) is 0 Å². The van der Waals surface area contributed by atoms with Gasteiger partial charge in [-0.25, -0.2) is 8.42 Å². The van der Waals surface area contributed by atoms with Crippen LogP contribution in [0.3, 0.4) is 0 Å². The molecule has 0 spiro atoms. The molecule has 4 nitrogen and oxygen atoms in total. The van der Waals surface area contributed by atoms with Gasteiger partial charge >= 0.3 is 0 Å². The minimum Gasteiger partial charge on any atom is -0.398 e. The van der Waals surface area contributed by atoms with Crippen LogP contribution in [0.15, 0.2) is 47.4 Å². The molecule has 19 heavy (non-hydrogen) atoms. The number of rotatable bonds is 3. The maximum Gasteiger partial charge on any atom is 0.261 e. The third kappa shape index (κ3) is 3.19. The lowest BCUT2D eigenvalue weighted by Gasteiger charge is -2.09. The number of nitrogens with two attached hydrogens (primary N) is 1. The standard InChI is InChI=1S/C13H13ClN2O2S/c1-9-3-2-4-10(7-9)16-19(17,18)11-5-6-13(15)12(14)8-11/h2-8,16H,15H2,1H3. The molecule has 0 radical (unpaired) electrons. The molecule has 0 aliphatic carbocycles. The van der Waals surface area contributed by atoms with E-state index in [1.165, 1.54) is 18.2 Å². The van der Waals surface area contributed by atoms with E-state index in [9.17, 15) is 8.42 Å². The Balaban J connectivity index is 2.35. The minimum absolute atomic E-state index is 0.0770. The molecule has 0 saturated heterocycles. The van der Waals surface area contributed by atoms with Crippen molar-refractivity contribution in [2.75, 3.05) is 10.5 Å². The molecular formula is C13H13ClN2O2S. The van der Waals surface area contributed by atoms with Gasteiger partial charge in [-0.2, -0.15) is 0 Å². The number of benzene rings is 2. The summed E-state index contributed by atoms with van der Waals surface area (Å²) in [5, 5.41) is 0.215. The third-order valence-corrected chi connectivity index (χ3v) is 4.26. The Morgan fingerprint density at radius 1 is 1.16 bits per heavy atom. The molecule has 0 amide bonds. The highest BCUT2D eigenvalue weighted by atomic mass is 35.5. The Kier molecular flexibility index (Phi) is 3.68. The molecule has 3 N–H and O–H groups in total. The summed E-state index contributed by atoms with van der Waals surface area (Å²) >= 11 is 5.83. The first-order valence-corrected chi connectivity index (χ1v) is 7.39. The normalized spacial score (nSPS) is 11.3. The highest BCUT2D eigenvalue weighted by Crippen LogP contribution is 2.24. The van der Waals surface area contributed by atoms with Crippen molar-refractivity contribution in [3.05, 3.63) is 53.1 Å². The van der Waals surface area contributed by atoms with Gasteiger partial charge in [-0.1, -0.05) is 23.7 Å². The van der Waals surface area contributed by atoms with E-state index >= 15 is 0 Å². The average molecular weight is 297 g/mol. The fourth-order valence-corrected chi connectivity index (χ4v) is 2.92. The lowest BCUT2D eigenvalue weighted by atomic mass is 10.2. The van der Waals surface area contributed by atoms with Crippen molar-refractivity contribution >= 4 is 33.0 Å². The van der Waals surface area contributed by atoms with Crippen LogP contribution in [0.1, 0.15) is 5.56 Å². The van der Waals surface area contributed by atoms with Gasteiger partial charge in [0, 0.05) is 5.69 Å². The summed E-state index contributed by atoms with van der Waals surface area (Å²) in [6.07, 6.45) is 0. The van der Waals surface area contributed by atoms with Gasteiger partial charge in [0.05, 0.1) is 15.6 Å². The molecule has 0 aliphatic rings. The second kappa shape index (κ2) is 5.11. The number of hydrogen-bond acceptors (Lipinski definition) is 3. The number of nitrogen functional groups attached to an aromatic ring is 1.